The smallest absolute Gasteiger partial charge is 0.245 e. The predicted octanol–water partition coefficient (Wildman–Crippen LogP) is 5.31. The van der Waals surface area contributed by atoms with Crippen molar-refractivity contribution in [2.45, 2.75) is 25.2 Å². The molecule has 0 atom stereocenters. The number of nitrogens with one attached hydrogen (secondary N) is 1. The molecule has 0 spiro atoms. The minimum Gasteiger partial charge on any atom is -0.495 e. The molecule has 0 bridgehead atoms. The lowest BCUT2D eigenvalue weighted by Crippen LogP contribution is -2.29. The summed E-state index contributed by atoms with van der Waals surface area (Å²) in [6.45, 7) is 3.00. The summed E-state index contributed by atoms with van der Waals surface area (Å²) < 4.78 is 13.6. The summed E-state index contributed by atoms with van der Waals surface area (Å²) in [7, 11) is 3.90. The molecule has 1 saturated heterocycles. The molecule has 4 heterocycles. The summed E-state index contributed by atoms with van der Waals surface area (Å²) in [6.07, 6.45) is 5.13. The van der Waals surface area contributed by atoms with Gasteiger partial charge in [-0.2, -0.15) is 0 Å². The number of hydrogen-bond acceptors (Lipinski definition) is 6. The van der Waals surface area contributed by atoms with E-state index in [1.807, 2.05) is 16.8 Å². The van der Waals surface area contributed by atoms with Crippen LogP contribution in [-0.2, 0) is 6.42 Å². The Morgan fingerprint density at radius 1 is 1.09 bits per heavy atom. The number of methoxy groups -OCH3 is 1. The maximum absolute atomic E-state index is 5.93. The zero-order chi connectivity index (χ0) is 23.1. The molecule has 2 aromatic carbocycles. The van der Waals surface area contributed by atoms with Gasteiger partial charge >= 0.3 is 0 Å². The lowest BCUT2D eigenvalue weighted by atomic mass is 9.89. The van der Waals surface area contributed by atoms with Crippen molar-refractivity contribution in [1.29, 1.82) is 0 Å². The molecule has 2 aliphatic heterocycles. The molecular weight excluding hydrogens is 462 g/mol. The van der Waals surface area contributed by atoms with E-state index in [4.69, 9.17) is 14.6 Å². The first-order valence-electron chi connectivity index (χ1n) is 11.9. The van der Waals surface area contributed by atoms with Gasteiger partial charge in [-0.15, -0.1) is 17.5 Å². The second-order valence-electron chi connectivity index (χ2n) is 9.19. The fraction of sp³-hybridized carbons (Fsp3) is 0.333. The van der Waals surface area contributed by atoms with Gasteiger partial charge in [0.25, 0.3) is 0 Å². The molecule has 1 fully saturated rings. The highest BCUT2D eigenvalue weighted by Gasteiger charge is 2.21. The van der Waals surface area contributed by atoms with Crippen LogP contribution in [0.1, 0.15) is 29.9 Å². The van der Waals surface area contributed by atoms with Crippen molar-refractivity contribution in [3.63, 3.8) is 0 Å². The summed E-state index contributed by atoms with van der Waals surface area (Å²) in [5.74, 6) is 2.86. The minimum atomic E-state index is 0. The molecule has 0 amide bonds. The highest BCUT2D eigenvalue weighted by molar-refractivity contribution is 5.85. The zero-order valence-corrected chi connectivity index (χ0v) is 20.8. The molecule has 2 aromatic heterocycles. The van der Waals surface area contributed by atoms with Crippen molar-refractivity contribution in [3.05, 3.63) is 65.9 Å². The predicted molar refractivity (Wildman–Crippen MR) is 141 cm³/mol. The third-order valence-corrected chi connectivity index (χ3v) is 7.05. The summed E-state index contributed by atoms with van der Waals surface area (Å²) in [4.78, 5) is 6.93. The Balaban J connectivity index is 0.00000253. The number of halogens is 1. The van der Waals surface area contributed by atoms with Crippen LogP contribution >= 0.6 is 12.4 Å². The van der Waals surface area contributed by atoms with Crippen LogP contribution < -0.4 is 14.8 Å². The van der Waals surface area contributed by atoms with Crippen molar-refractivity contribution in [1.82, 2.24) is 19.5 Å². The standard InChI is InChI=1S/C27H29N5O2.ClH/c1-31-13-10-18(11-14-31)20-6-8-23(25(16-20)33-2)29-27-28-17-21-7-9-24(32(21)30-27)22-5-3-4-19-12-15-34-26(19)22;/h3-9,16-18H,10-15H2,1-2H3,(H,29,30);1H. The summed E-state index contributed by atoms with van der Waals surface area (Å²) in [6, 6.07) is 16.8. The van der Waals surface area contributed by atoms with E-state index in [-0.39, 0.29) is 12.4 Å². The number of ether oxygens (including phenoxy) is 2. The average molecular weight is 492 g/mol. The number of nitrogens with zero attached hydrogens (tertiary/aromatic N) is 4. The molecule has 35 heavy (non-hydrogen) atoms. The number of rotatable bonds is 5. The van der Waals surface area contributed by atoms with Crippen molar-refractivity contribution in [3.8, 4) is 22.8 Å². The largest absolute Gasteiger partial charge is 0.495 e. The van der Waals surface area contributed by atoms with Crippen molar-refractivity contribution >= 4 is 29.6 Å². The Kier molecular flexibility index (Phi) is 6.54. The Bertz CT molecular complexity index is 1350. The third kappa shape index (κ3) is 4.42. The van der Waals surface area contributed by atoms with E-state index in [0.717, 1.165) is 60.1 Å². The van der Waals surface area contributed by atoms with Gasteiger partial charge in [-0.25, -0.2) is 9.50 Å². The molecular formula is C27H30ClN5O2. The lowest BCUT2D eigenvalue weighted by Gasteiger charge is -2.29. The quantitative estimate of drug-likeness (QED) is 0.408. The van der Waals surface area contributed by atoms with Crippen LogP contribution in [0.2, 0.25) is 0 Å². The van der Waals surface area contributed by atoms with E-state index < -0.39 is 0 Å². The molecule has 0 saturated carbocycles. The Labute approximate surface area is 211 Å². The molecule has 1 N–H and O–H groups in total. The Hall–Kier alpha value is -3.29. The van der Waals surface area contributed by atoms with E-state index in [0.29, 0.717) is 11.9 Å². The molecule has 0 radical (unpaired) electrons. The van der Waals surface area contributed by atoms with Gasteiger partial charge in [0.05, 0.1) is 36.8 Å². The number of anilines is 2. The molecule has 7 nitrogen and oxygen atoms in total. The number of hydrogen-bond donors (Lipinski definition) is 1. The van der Waals surface area contributed by atoms with Gasteiger partial charge in [-0.1, -0.05) is 18.2 Å². The fourth-order valence-electron chi connectivity index (χ4n) is 5.11. The average Bonchev–Trinajstić information content (AvgIpc) is 3.52. The van der Waals surface area contributed by atoms with Gasteiger partial charge in [-0.3, -0.25) is 0 Å². The van der Waals surface area contributed by atoms with Crippen LogP contribution in [0, 0.1) is 0 Å². The topological polar surface area (TPSA) is 63.9 Å². The van der Waals surface area contributed by atoms with E-state index in [1.165, 1.54) is 24.0 Å². The van der Waals surface area contributed by atoms with Crippen molar-refractivity contribution in [2.24, 2.45) is 0 Å². The van der Waals surface area contributed by atoms with Gasteiger partial charge in [0.15, 0.2) is 0 Å². The van der Waals surface area contributed by atoms with Crippen molar-refractivity contribution in [2.75, 3.05) is 39.2 Å². The minimum absolute atomic E-state index is 0. The van der Waals surface area contributed by atoms with Crippen LogP contribution in [-0.4, -0.2) is 53.4 Å². The molecule has 0 aliphatic carbocycles. The van der Waals surface area contributed by atoms with Crippen molar-refractivity contribution < 1.29 is 9.47 Å². The zero-order valence-electron chi connectivity index (χ0n) is 20.0. The molecule has 4 aromatic rings. The first-order chi connectivity index (χ1) is 16.7. The maximum Gasteiger partial charge on any atom is 0.245 e. The summed E-state index contributed by atoms with van der Waals surface area (Å²) in [5, 5.41) is 8.17. The number of benzene rings is 2. The number of likely N-dealkylation sites (tertiary alicyclic amines) is 1. The molecule has 6 rings (SSSR count). The SMILES string of the molecule is COc1cc(C2CCN(C)CC2)ccc1Nc1ncc2ccc(-c3cccc4c3OCC4)n2n1.Cl. The molecule has 182 valence electrons. The highest BCUT2D eigenvalue weighted by Crippen LogP contribution is 2.38. The fourth-order valence-corrected chi connectivity index (χ4v) is 5.11. The monoisotopic (exact) mass is 491 g/mol. The van der Waals surface area contributed by atoms with Gasteiger partial charge in [-0.05, 0) is 80.4 Å². The molecule has 8 heteroatoms. The number of para-hydroxylation sites is 1. The maximum atomic E-state index is 5.93. The normalized spacial score (nSPS) is 15.9. The lowest BCUT2D eigenvalue weighted by molar-refractivity contribution is 0.255. The van der Waals surface area contributed by atoms with Crippen LogP contribution in [0.5, 0.6) is 11.5 Å². The van der Waals surface area contributed by atoms with E-state index in [9.17, 15) is 0 Å². The third-order valence-electron chi connectivity index (χ3n) is 7.05. The second-order valence-corrected chi connectivity index (χ2v) is 9.19. The Morgan fingerprint density at radius 2 is 1.94 bits per heavy atom. The van der Waals surface area contributed by atoms with Crippen LogP contribution in [0.4, 0.5) is 11.6 Å². The van der Waals surface area contributed by atoms with Gasteiger partial charge in [0, 0.05) is 12.0 Å². The van der Waals surface area contributed by atoms with Crippen LogP contribution in [0.25, 0.3) is 16.8 Å². The highest BCUT2D eigenvalue weighted by atomic mass is 35.5. The number of aromatic nitrogens is 3. The molecule has 0 unspecified atom stereocenters. The van der Waals surface area contributed by atoms with Gasteiger partial charge < -0.3 is 19.7 Å². The number of fused-ring (bicyclic) bond motifs is 2. The first-order valence-corrected chi connectivity index (χ1v) is 11.9. The summed E-state index contributed by atoms with van der Waals surface area (Å²) in [5.41, 5.74) is 6.41. The second kappa shape index (κ2) is 9.76. The van der Waals surface area contributed by atoms with Crippen LogP contribution in [0.3, 0.4) is 0 Å². The summed E-state index contributed by atoms with van der Waals surface area (Å²) >= 11 is 0. The van der Waals surface area contributed by atoms with E-state index in [2.05, 4.69) is 64.7 Å². The number of piperidine rings is 1. The Morgan fingerprint density at radius 3 is 2.77 bits per heavy atom. The van der Waals surface area contributed by atoms with Gasteiger partial charge in [0.1, 0.15) is 11.5 Å². The first kappa shape index (κ1) is 23.5. The molecule has 2 aliphatic rings. The van der Waals surface area contributed by atoms with E-state index >= 15 is 0 Å². The van der Waals surface area contributed by atoms with E-state index in [1.54, 1.807) is 7.11 Å². The van der Waals surface area contributed by atoms with Crippen LogP contribution in [0.15, 0.2) is 54.7 Å². The van der Waals surface area contributed by atoms with Gasteiger partial charge in [0.2, 0.25) is 5.95 Å².